The molecule has 4 bridgehead atoms. The van der Waals surface area contributed by atoms with Gasteiger partial charge in [0.15, 0.2) is 0 Å². The Labute approximate surface area is 91.6 Å². The van der Waals surface area contributed by atoms with Crippen LogP contribution in [0.2, 0.25) is 0 Å². The zero-order valence-corrected chi connectivity index (χ0v) is 9.26. The van der Waals surface area contributed by atoms with Crippen LogP contribution in [-0.2, 0) is 0 Å². The van der Waals surface area contributed by atoms with Crippen molar-refractivity contribution in [2.75, 3.05) is 26.2 Å². The van der Waals surface area contributed by atoms with Crippen LogP contribution in [-0.4, -0.2) is 50.3 Å². The van der Waals surface area contributed by atoms with Gasteiger partial charge in [-0.25, -0.2) is 0 Å². The van der Waals surface area contributed by atoms with E-state index in [1.54, 1.807) is 0 Å². The zero-order chi connectivity index (χ0) is 10.1. The Kier molecular flexibility index (Phi) is 2.92. The molecule has 4 N–H and O–H groups in total. The van der Waals surface area contributed by atoms with E-state index >= 15 is 0 Å². The highest BCUT2D eigenvalue weighted by Crippen LogP contribution is 2.14. The minimum atomic E-state index is 0.800. The van der Waals surface area contributed by atoms with Gasteiger partial charge in [0, 0.05) is 50.3 Å². The van der Waals surface area contributed by atoms with Gasteiger partial charge >= 0.3 is 0 Å². The molecule has 4 rings (SSSR count). The van der Waals surface area contributed by atoms with Crippen molar-refractivity contribution in [3.05, 3.63) is 0 Å². The van der Waals surface area contributed by atoms with E-state index in [1.165, 1.54) is 45.4 Å². The summed E-state index contributed by atoms with van der Waals surface area (Å²) in [6.07, 6.45) is 4.13. The first-order valence-corrected chi connectivity index (χ1v) is 6.33. The summed E-state index contributed by atoms with van der Waals surface area (Å²) in [5.74, 6) is 0. The van der Waals surface area contributed by atoms with Crippen LogP contribution in [0.15, 0.2) is 0 Å². The Morgan fingerprint density at radius 2 is 1.27 bits per heavy atom. The first-order chi connectivity index (χ1) is 7.40. The number of hydrogen-bond acceptors (Lipinski definition) is 4. The minimum absolute atomic E-state index is 0.800. The fraction of sp³-hybridized carbons (Fsp3) is 1.00. The van der Waals surface area contributed by atoms with Gasteiger partial charge in [-0.1, -0.05) is 0 Å². The van der Waals surface area contributed by atoms with Crippen LogP contribution >= 0.6 is 0 Å². The highest BCUT2D eigenvalue weighted by molar-refractivity contribution is 4.94. The smallest absolute Gasteiger partial charge is 0.0208 e. The Morgan fingerprint density at radius 1 is 0.667 bits per heavy atom. The third kappa shape index (κ3) is 2.33. The van der Waals surface area contributed by atoms with Gasteiger partial charge in [0.1, 0.15) is 0 Å². The molecule has 4 aliphatic heterocycles. The maximum absolute atomic E-state index is 3.53. The summed E-state index contributed by atoms with van der Waals surface area (Å²) in [6.45, 7) is 4.78. The lowest BCUT2D eigenvalue weighted by molar-refractivity contribution is 0.423. The quantitative estimate of drug-likeness (QED) is 0.415. The number of rotatable bonds is 0. The van der Waals surface area contributed by atoms with Gasteiger partial charge in [-0.2, -0.15) is 0 Å². The van der Waals surface area contributed by atoms with Crippen LogP contribution in [0.3, 0.4) is 0 Å². The lowest BCUT2D eigenvalue weighted by Gasteiger charge is -2.21. The molecule has 0 saturated carbocycles. The highest BCUT2D eigenvalue weighted by Gasteiger charge is 2.29. The third-order valence-electron chi connectivity index (χ3n) is 3.99. The molecule has 0 spiro atoms. The summed E-state index contributed by atoms with van der Waals surface area (Å²) in [6, 6.07) is 3.22. The summed E-state index contributed by atoms with van der Waals surface area (Å²) in [5.41, 5.74) is 0. The zero-order valence-electron chi connectivity index (χ0n) is 9.26. The molecule has 0 aromatic carbocycles. The molecule has 4 saturated heterocycles. The molecule has 0 radical (unpaired) electrons. The largest absolute Gasteiger partial charge is 0.314 e. The molecule has 4 atom stereocenters. The second-order valence-corrected chi connectivity index (χ2v) is 5.24. The standard InChI is InChI=1S/C6H12N2.C5H10N2/c1-2-6-4-7-3-5(1)8-6;1-4-2-6-5(1)3-7-4/h5-8H,1-4H2;4-7H,1-3H2. The van der Waals surface area contributed by atoms with Crippen LogP contribution < -0.4 is 21.3 Å². The summed E-state index contributed by atoms with van der Waals surface area (Å²) >= 11 is 0. The van der Waals surface area contributed by atoms with E-state index in [2.05, 4.69) is 21.3 Å². The molecule has 0 amide bonds. The van der Waals surface area contributed by atoms with Crippen molar-refractivity contribution in [2.24, 2.45) is 0 Å². The second kappa shape index (κ2) is 4.37. The van der Waals surface area contributed by atoms with Crippen molar-refractivity contribution in [1.82, 2.24) is 21.3 Å². The number of fused-ring (bicyclic) bond motifs is 4. The van der Waals surface area contributed by atoms with Crippen LogP contribution in [0.25, 0.3) is 0 Å². The van der Waals surface area contributed by atoms with Gasteiger partial charge in [-0.05, 0) is 19.3 Å². The van der Waals surface area contributed by atoms with Crippen molar-refractivity contribution >= 4 is 0 Å². The monoisotopic (exact) mass is 210 g/mol. The molecule has 86 valence electrons. The van der Waals surface area contributed by atoms with Crippen molar-refractivity contribution in [1.29, 1.82) is 0 Å². The lowest BCUT2D eigenvalue weighted by Crippen LogP contribution is -2.48. The average Bonchev–Trinajstić information content (AvgIpc) is 2.97. The van der Waals surface area contributed by atoms with Crippen LogP contribution in [0, 0.1) is 0 Å². The fourth-order valence-corrected chi connectivity index (χ4v) is 3.10. The van der Waals surface area contributed by atoms with E-state index in [0.717, 1.165) is 24.2 Å². The van der Waals surface area contributed by atoms with Crippen molar-refractivity contribution < 1.29 is 0 Å². The Hall–Kier alpha value is -0.160. The minimum Gasteiger partial charge on any atom is -0.314 e. The molecule has 4 heteroatoms. The van der Waals surface area contributed by atoms with E-state index in [9.17, 15) is 0 Å². The number of piperazine rings is 2. The molecular formula is C11H22N4. The number of nitrogens with one attached hydrogen (secondary N) is 4. The predicted molar refractivity (Wildman–Crippen MR) is 61.0 cm³/mol. The normalized spacial score (nSPS) is 46.4. The van der Waals surface area contributed by atoms with Crippen molar-refractivity contribution in [3.63, 3.8) is 0 Å². The maximum Gasteiger partial charge on any atom is 0.0208 e. The van der Waals surface area contributed by atoms with Gasteiger partial charge in [-0.3, -0.25) is 0 Å². The third-order valence-corrected chi connectivity index (χ3v) is 3.99. The average molecular weight is 210 g/mol. The second-order valence-electron chi connectivity index (χ2n) is 5.24. The van der Waals surface area contributed by atoms with E-state index in [1.807, 2.05) is 0 Å². The van der Waals surface area contributed by atoms with Crippen LogP contribution in [0.1, 0.15) is 19.3 Å². The van der Waals surface area contributed by atoms with Gasteiger partial charge < -0.3 is 21.3 Å². The molecule has 15 heavy (non-hydrogen) atoms. The molecule has 4 nitrogen and oxygen atoms in total. The fourth-order valence-electron chi connectivity index (χ4n) is 3.10. The van der Waals surface area contributed by atoms with E-state index in [-0.39, 0.29) is 0 Å². The summed E-state index contributed by atoms with van der Waals surface area (Å²) < 4.78 is 0. The predicted octanol–water partition coefficient (Wildman–Crippen LogP) is -0.970. The summed E-state index contributed by atoms with van der Waals surface area (Å²) in [5, 5.41) is 13.7. The molecule has 0 aliphatic carbocycles. The first kappa shape index (κ1) is 10.0. The SMILES string of the molecule is C1CC2CNCC1N2.C1NC2CNC1C2. The highest BCUT2D eigenvalue weighted by atomic mass is 15.1. The Morgan fingerprint density at radius 3 is 1.60 bits per heavy atom. The number of hydrogen-bond donors (Lipinski definition) is 4. The summed E-state index contributed by atoms with van der Waals surface area (Å²) in [7, 11) is 0. The molecule has 0 aromatic heterocycles. The molecule has 4 fully saturated rings. The molecular weight excluding hydrogens is 188 g/mol. The Bertz CT molecular complexity index is 189. The van der Waals surface area contributed by atoms with E-state index in [4.69, 9.17) is 0 Å². The first-order valence-electron chi connectivity index (χ1n) is 6.33. The molecule has 4 aliphatic rings. The van der Waals surface area contributed by atoms with E-state index in [0.29, 0.717) is 0 Å². The van der Waals surface area contributed by atoms with Crippen LogP contribution in [0.4, 0.5) is 0 Å². The van der Waals surface area contributed by atoms with Gasteiger partial charge in [0.05, 0.1) is 0 Å². The summed E-state index contributed by atoms with van der Waals surface area (Å²) in [4.78, 5) is 0. The van der Waals surface area contributed by atoms with Crippen LogP contribution in [0.5, 0.6) is 0 Å². The van der Waals surface area contributed by atoms with Gasteiger partial charge in [0.25, 0.3) is 0 Å². The molecule has 4 unspecified atom stereocenters. The van der Waals surface area contributed by atoms with Gasteiger partial charge in [-0.15, -0.1) is 0 Å². The van der Waals surface area contributed by atoms with Crippen molar-refractivity contribution in [3.8, 4) is 0 Å². The Balaban J connectivity index is 0.0000000971. The topological polar surface area (TPSA) is 48.1 Å². The lowest BCUT2D eigenvalue weighted by atomic mass is 10.2. The molecule has 4 heterocycles. The maximum atomic E-state index is 3.53. The molecule has 0 aromatic rings. The van der Waals surface area contributed by atoms with E-state index < -0.39 is 0 Å². The van der Waals surface area contributed by atoms with Crippen molar-refractivity contribution in [2.45, 2.75) is 43.4 Å². The van der Waals surface area contributed by atoms with Gasteiger partial charge in [0.2, 0.25) is 0 Å².